The van der Waals surface area contributed by atoms with Crippen molar-refractivity contribution in [2.45, 2.75) is 6.92 Å². The molecule has 0 nitrogen and oxygen atoms in total. The van der Waals surface area contributed by atoms with Gasteiger partial charge in [0.1, 0.15) is 0 Å². The van der Waals surface area contributed by atoms with Crippen LogP contribution in [0.4, 0.5) is 12.9 Å². The van der Waals surface area contributed by atoms with Crippen LogP contribution in [-0.2, 0) is 0 Å². The lowest BCUT2D eigenvalue weighted by Crippen LogP contribution is -2.16. The molecule has 0 N–H and O–H groups in total. The molecule has 76 valence electrons. The van der Waals surface area contributed by atoms with Gasteiger partial charge in [-0.05, 0) is 17.7 Å². The highest BCUT2D eigenvalue weighted by atomic mass is 35.5. The molecule has 0 saturated carbocycles. The van der Waals surface area contributed by atoms with Crippen LogP contribution in [0.1, 0.15) is 12.5 Å². The zero-order valence-electron chi connectivity index (χ0n) is 7.48. The van der Waals surface area contributed by atoms with Gasteiger partial charge in [-0.2, -0.15) is 0 Å². The first-order chi connectivity index (χ1) is 6.39. The molecule has 14 heavy (non-hydrogen) atoms. The van der Waals surface area contributed by atoms with E-state index in [-0.39, 0.29) is 0 Å². The highest BCUT2D eigenvalue weighted by molar-refractivity contribution is 6.67. The monoisotopic (exact) mass is 219 g/mol. The van der Waals surface area contributed by atoms with Gasteiger partial charge in [0.2, 0.25) is 0 Å². The average molecular weight is 219 g/mol. The zero-order valence-corrected chi connectivity index (χ0v) is 8.23. The second-order valence-corrected chi connectivity index (χ2v) is 3.45. The van der Waals surface area contributed by atoms with Crippen molar-refractivity contribution in [2.75, 3.05) is 0 Å². The summed E-state index contributed by atoms with van der Waals surface area (Å²) >= 11 is 5.60. The molecule has 0 aromatic heterocycles. The second kappa shape index (κ2) is 4.09. The van der Waals surface area contributed by atoms with Crippen LogP contribution >= 0.6 is 11.6 Å². The molecule has 0 amide bonds. The molecule has 0 unspecified atom stereocenters. The van der Waals surface area contributed by atoms with E-state index in [0.29, 0.717) is 10.6 Å². The van der Waals surface area contributed by atoms with Crippen LogP contribution in [0.3, 0.4) is 0 Å². The second-order valence-electron chi connectivity index (χ2n) is 3.01. The Hall–Kier alpha value is -0.895. The lowest BCUT2D eigenvalue weighted by atomic mass is 9.79. The average Bonchev–Trinajstić information content (AvgIpc) is 2.07. The van der Waals surface area contributed by atoms with Gasteiger partial charge in [0.15, 0.2) is 0 Å². The van der Waals surface area contributed by atoms with E-state index in [4.69, 9.17) is 11.6 Å². The Labute approximate surface area is 85.4 Å². The summed E-state index contributed by atoms with van der Waals surface area (Å²) in [4.78, 5) is 0. The molecule has 0 saturated heterocycles. The largest absolute Gasteiger partial charge is 0.505 e. The molecular weight excluding hydrogens is 211 g/mol. The number of rotatable bonds is 2. The first-order valence-electron chi connectivity index (χ1n) is 4.03. The number of benzene rings is 1. The minimum Gasteiger partial charge on any atom is -0.445 e. The van der Waals surface area contributed by atoms with Gasteiger partial charge in [-0.1, -0.05) is 36.7 Å². The fourth-order valence-electron chi connectivity index (χ4n) is 0.916. The smallest absolute Gasteiger partial charge is 0.445 e. The van der Waals surface area contributed by atoms with Crippen LogP contribution in [0.25, 0.3) is 6.08 Å². The summed E-state index contributed by atoms with van der Waals surface area (Å²) in [5, 5.41) is 0.511. The minimum absolute atomic E-state index is 0.506. The van der Waals surface area contributed by atoms with Gasteiger partial charge >= 0.3 is 6.98 Å². The van der Waals surface area contributed by atoms with Crippen molar-refractivity contribution >= 4 is 24.7 Å². The third-order valence-corrected chi connectivity index (χ3v) is 2.03. The fourth-order valence-corrected chi connectivity index (χ4v) is 1.04. The van der Waals surface area contributed by atoms with E-state index < -0.39 is 12.4 Å². The third-order valence-electron chi connectivity index (χ3n) is 1.78. The number of hydrogen-bond donors (Lipinski definition) is 0. The molecule has 0 aliphatic rings. The molecule has 0 aliphatic heterocycles. The standard InChI is InChI=1S/C9H8BClF3/c1-7(10(12,13)14)6-8-2-4-9(11)5-3-8/h2-6H,1H3/q-1/b7-6+. The van der Waals surface area contributed by atoms with Gasteiger partial charge in [0.05, 0.1) is 0 Å². The first-order valence-corrected chi connectivity index (χ1v) is 4.41. The Morgan fingerprint density at radius 1 is 1.21 bits per heavy atom. The normalized spacial score (nSPS) is 13.1. The van der Waals surface area contributed by atoms with E-state index in [9.17, 15) is 12.9 Å². The number of hydrogen-bond acceptors (Lipinski definition) is 0. The topological polar surface area (TPSA) is 0 Å². The molecule has 5 heteroatoms. The van der Waals surface area contributed by atoms with E-state index in [2.05, 4.69) is 0 Å². The summed E-state index contributed by atoms with van der Waals surface area (Å²) in [6.45, 7) is -3.81. The molecule has 0 atom stereocenters. The molecule has 0 spiro atoms. The summed E-state index contributed by atoms with van der Waals surface area (Å²) in [7, 11) is 0. The fraction of sp³-hybridized carbons (Fsp3) is 0.111. The van der Waals surface area contributed by atoms with Crippen molar-refractivity contribution in [3.63, 3.8) is 0 Å². The molecular formula is C9H8BClF3-. The van der Waals surface area contributed by atoms with Gasteiger partial charge in [-0.15, -0.1) is 5.47 Å². The van der Waals surface area contributed by atoms with Crippen molar-refractivity contribution in [3.8, 4) is 0 Å². The zero-order chi connectivity index (χ0) is 10.8. The van der Waals surface area contributed by atoms with Crippen LogP contribution in [-0.4, -0.2) is 6.98 Å². The van der Waals surface area contributed by atoms with Crippen molar-refractivity contribution in [2.24, 2.45) is 0 Å². The molecule has 1 aromatic rings. The Balaban J connectivity index is 2.93. The van der Waals surface area contributed by atoms with Gasteiger partial charge in [-0.25, -0.2) is 0 Å². The lowest BCUT2D eigenvalue weighted by molar-refractivity contribution is 0.491. The maximum absolute atomic E-state index is 12.2. The molecule has 0 aliphatic carbocycles. The van der Waals surface area contributed by atoms with E-state index in [1.165, 1.54) is 0 Å². The maximum atomic E-state index is 12.2. The minimum atomic E-state index is -4.88. The summed E-state index contributed by atoms with van der Waals surface area (Å²) in [6, 6.07) is 6.22. The quantitative estimate of drug-likeness (QED) is 0.656. The molecule has 0 bridgehead atoms. The highest BCUT2D eigenvalue weighted by Crippen LogP contribution is 2.22. The maximum Gasteiger partial charge on any atom is 0.505 e. The van der Waals surface area contributed by atoms with E-state index in [1.807, 2.05) is 0 Å². The number of halogens is 4. The SMILES string of the molecule is C/C(=C\c1ccc(Cl)cc1)[B-](F)(F)F. The molecule has 0 fully saturated rings. The predicted octanol–water partition coefficient (Wildman–Crippen LogP) is 4.13. The van der Waals surface area contributed by atoms with E-state index >= 15 is 0 Å². The Bertz CT molecular complexity index is 340. The van der Waals surface area contributed by atoms with Crippen LogP contribution in [0.15, 0.2) is 29.7 Å². The van der Waals surface area contributed by atoms with Crippen LogP contribution in [0, 0.1) is 0 Å². The van der Waals surface area contributed by atoms with E-state index in [0.717, 1.165) is 13.0 Å². The van der Waals surface area contributed by atoms with Crippen molar-refractivity contribution < 1.29 is 12.9 Å². The van der Waals surface area contributed by atoms with Crippen molar-refractivity contribution in [1.82, 2.24) is 0 Å². The predicted molar refractivity (Wildman–Crippen MR) is 54.2 cm³/mol. The first kappa shape index (κ1) is 11.2. The van der Waals surface area contributed by atoms with Crippen LogP contribution < -0.4 is 0 Å². The summed E-state index contributed by atoms with van der Waals surface area (Å²) < 4.78 is 36.5. The molecule has 0 heterocycles. The molecule has 0 radical (unpaired) electrons. The van der Waals surface area contributed by atoms with Crippen LogP contribution in [0.2, 0.25) is 5.02 Å². The molecule has 1 aromatic carbocycles. The van der Waals surface area contributed by atoms with Gasteiger partial charge in [-0.3, -0.25) is 0 Å². The van der Waals surface area contributed by atoms with Crippen molar-refractivity contribution in [1.29, 1.82) is 0 Å². The van der Waals surface area contributed by atoms with Crippen LogP contribution in [0.5, 0.6) is 0 Å². The highest BCUT2D eigenvalue weighted by Gasteiger charge is 2.24. The summed E-state index contributed by atoms with van der Waals surface area (Å²) in [5.41, 5.74) is -0.0570. The number of allylic oxidation sites excluding steroid dienone is 1. The Morgan fingerprint density at radius 3 is 2.14 bits per heavy atom. The summed E-state index contributed by atoms with van der Waals surface area (Å²) in [6.07, 6.45) is 1.11. The van der Waals surface area contributed by atoms with Gasteiger partial charge in [0, 0.05) is 5.02 Å². The summed E-state index contributed by atoms with van der Waals surface area (Å²) in [5.74, 6) is 0. The van der Waals surface area contributed by atoms with Gasteiger partial charge < -0.3 is 12.9 Å². The lowest BCUT2D eigenvalue weighted by Gasteiger charge is -2.14. The van der Waals surface area contributed by atoms with Crippen molar-refractivity contribution in [3.05, 3.63) is 40.3 Å². The Morgan fingerprint density at radius 2 is 1.71 bits per heavy atom. The molecule has 1 rings (SSSR count). The Kier molecular flexibility index (Phi) is 3.27. The third kappa shape index (κ3) is 3.11. The van der Waals surface area contributed by atoms with E-state index in [1.54, 1.807) is 24.3 Å². The van der Waals surface area contributed by atoms with Gasteiger partial charge in [0.25, 0.3) is 0 Å².